The largest absolute Gasteiger partial charge is 0.469 e. The number of hydrogen-bond donors (Lipinski definition) is 1. The fraction of sp³-hybridized carbons (Fsp3) is 0.308. The van der Waals surface area contributed by atoms with Gasteiger partial charge in [-0.15, -0.1) is 11.3 Å². The second-order valence-corrected chi connectivity index (χ2v) is 11.9. The Morgan fingerprint density at radius 3 is 2.21 bits per heavy atom. The number of amides is 1. The zero-order valence-electron chi connectivity index (χ0n) is 18.3. The van der Waals surface area contributed by atoms with Crippen LogP contribution < -0.4 is 5.32 Å². The third kappa shape index (κ3) is 5.76. The summed E-state index contributed by atoms with van der Waals surface area (Å²) in [5.74, 6) is -0.272. The van der Waals surface area contributed by atoms with E-state index in [0.717, 1.165) is 44.4 Å². The maximum atomic E-state index is 13.2. The Morgan fingerprint density at radius 1 is 0.939 bits per heavy atom. The summed E-state index contributed by atoms with van der Waals surface area (Å²) >= 11 is 8.78. The van der Waals surface area contributed by atoms with Crippen molar-refractivity contribution in [1.82, 2.24) is 5.32 Å². The van der Waals surface area contributed by atoms with Crippen LogP contribution in [-0.2, 0) is 16.0 Å². The van der Waals surface area contributed by atoms with Gasteiger partial charge in [-0.25, -0.2) is 0 Å². The summed E-state index contributed by atoms with van der Waals surface area (Å²) in [5.41, 5.74) is 5.18. The highest BCUT2D eigenvalue weighted by atomic mass is 79.9. The monoisotopic (exact) mass is 589 g/mol. The lowest BCUT2D eigenvalue weighted by Crippen LogP contribution is -2.39. The van der Waals surface area contributed by atoms with Gasteiger partial charge in [0.05, 0.1) is 26.2 Å². The van der Waals surface area contributed by atoms with E-state index in [4.69, 9.17) is 4.74 Å². The second kappa shape index (κ2) is 11.0. The quantitative estimate of drug-likeness (QED) is 0.315. The van der Waals surface area contributed by atoms with E-state index in [2.05, 4.69) is 73.6 Å². The van der Waals surface area contributed by atoms with Crippen LogP contribution in [0.15, 0.2) is 62.2 Å². The molecule has 0 saturated heterocycles. The van der Waals surface area contributed by atoms with Gasteiger partial charge in [0.15, 0.2) is 0 Å². The van der Waals surface area contributed by atoms with E-state index in [9.17, 15) is 9.59 Å². The molecule has 1 aliphatic carbocycles. The number of hydrogen-bond acceptors (Lipinski definition) is 4. The summed E-state index contributed by atoms with van der Waals surface area (Å²) in [4.78, 5) is 25.0. The van der Waals surface area contributed by atoms with Gasteiger partial charge in [0.2, 0.25) is 0 Å². The first-order valence-corrected chi connectivity index (χ1v) is 13.4. The number of esters is 1. The molecule has 172 valence electrons. The normalized spacial score (nSPS) is 18.0. The minimum absolute atomic E-state index is 0.0559. The van der Waals surface area contributed by atoms with Crippen molar-refractivity contribution in [2.45, 2.75) is 38.1 Å². The Hall–Kier alpha value is -1.96. The van der Waals surface area contributed by atoms with E-state index < -0.39 is 0 Å². The van der Waals surface area contributed by atoms with Crippen LogP contribution >= 0.6 is 43.2 Å². The molecule has 0 radical (unpaired) electrons. The van der Waals surface area contributed by atoms with E-state index in [1.54, 1.807) is 0 Å². The molecule has 0 unspecified atom stereocenters. The minimum Gasteiger partial charge on any atom is -0.469 e. The van der Waals surface area contributed by atoms with E-state index >= 15 is 0 Å². The molecule has 0 atom stereocenters. The SMILES string of the molecule is COC(=O)C1CCC(NC(=O)c2c(Br)sc(Br)c2Cc2ccc(-c3ccccc3)cc2)CC1. The van der Waals surface area contributed by atoms with Crippen LogP contribution in [0.3, 0.4) is 0 Å². The van der Waals surface area contributed by atoms with Crippen LogP contribution in [0, 0.1) is 5.92 Å². The molecule has 7 heteroatoms. The maximum Gasteiger partial charge on any atom is 0.308 e. The highest BCUT2D eigenvalue weighted by Crippen LogP contribution is 2.39. The predicted molar refractivity (Wildman–Crippen MR) is 140 cm³/mol. The zero-order valence-corrected chi connectivity index (χ0v) is 22.3. The molecule has 1 heterocycles. The molecule has 0 spiro atoms. The minimum atomic E-state index is -0.148. The van der Waals surface area contributed by atoms with Gasteiger partial charge in [-0.3, -0.25) is 9.59 Å². The average molecular weight is 591 g/mol. The molecular formula is C26H25Br2NO3S. The Bertz CT molecular complexity index is 1120. The molecule has 1 fully saturated rings. The van der Waals surface area contributed by atoms with Crippen molar-refractivity contribution in [3.63, 3.8) is 0 Å². The first-order chi connectivity index (χ1) is 16.0. The molecule has 1 aromatic heterocycles. The number of nitrogens with one attached hydrogen (secondary N) is 1. The van der Waals surface area contributed by atoms with E-state index in [-0.39, 0.29) is 23.8 Å². The van der Waals surface area contributed by atoms with Gasteiger partial charge >= 0.3 is 5.97 Å². The van der Waals surface area contributed by atoms with Crippen LogP contribution in [0.2, 0.25) is 0 Å². The standard InChI is InChI=1S/C26H25Br2NO3S/c1-32-26(31)19-11-13-20(14-12-19)29-25(30)22-21(23(27)33-24(22)28)15-16-7-9-18(10-8-16)17-5-3-2-4-6-17/h2-10,19-20H,11-15H2,1H3,(H,29,30). The summed E-state index contributed by atoms with van der Waals surface area (Å²) in [6.45, 7) is 0. The summed E-state index contributed by atoms with van der Waals surface area (Å²) in [6.07, 6.45) is 3.71. The van der Waals surface area contributed by atoms with Crippen molar-refractivity contribution in [2.24, 2.45) is 5.92 Å². The van der Waals surface area contributed by atoms with Gasteiger partial charge in [0.1, 0.15) is 0 Å². The molecule has 1 aliphatic rings. The zero-order chi connectivity index (χ0) is 23.4. The number of halogens is 2. The number of methoxy groups -OCH3 is 1. The molecule has 4 rings (SSSR count). The molecule has 1 N–H and O–H groups in total. The van der Waals surface area contributed by atoms with Crippen LogP contribution in [-0.4, -0.2) is 25.0 Å². The summed E-state index contributed by atoms with van der Waals surface area (Å²) in [6, 6.07) is 18.9. The smallest absolute Gasteiger partial charge is 0.308 e. The van der Waals surface area contributed by atoms with Crippen molar-refractivity contribution in [1.29, 1.82) is 0 Å². The molecule has 33 heavy (non-hydrogen) atoms. The van der Waals surface area contributed by atoms with Gasteiger partial charge in [-0.05, 0) is 79.8 Å². The van der Waals surface area contributed by atoms with Crippen LogP contribution in [0.1, 0.15) is 47.2 Å². The van der Waals surface area contributed by atoms with Gasteiger partial charge in [0, 0.05) is 12.5 Å². The topological polar surface area (TPSA) is 55.4 Å². The molecule has 0 bridgehead atoms. The molecule has 0 aliphatic heterocycles. The molecular weight excluding hydrogens is 566 g/mol. The lowest BCUT2D eigenvalue weighted by molar-refractivity contribution is -0.146. The first kappa shape index (κ1) is 24.2. The Morgan fingerprint density at radius 2 is 1.58 bits per heavy atom. The van der Waals surface area contributed by atoms with Crippen molar-refractivity contribution in [3.8, 4) is 11.1 Å². The summed E-state index contributed by atoms with van der Waals surface area (Å²) < 4.78 is 6.65. The van der Waals surface area contributed by atoms with Gasteiger partial charge in [-0.1, -0.05) is 54.6 Å². The van der Waals surface area contributed by atoms with E-state index in [0.29, 0.717) is 12.0 Å². The van der Waals surface area contributed by atoms with Crippen LogP contribution in [0.5, 0.6) is 0 Å². The number of carbonyl (C=O) groups excluding carboxylic acids is 2. The van der Waals surface area contributed by atoms with Gasteiger partial charge < -0.3 is 10.1 Å². The Balaban J connectivity index is 1.45. The Labute approximate surface area is 215 Å². The number of thiophene rings is 1. The van der Waals surface area contributed by atoms with Crippen LogP contribution in [0.25, 0.3) is 11.1 Å². The molecule has 1 amide bonds. The molecule has 2 aromatic carbocycles. The fourth-order valence-electron chi connectivity index (χ4n) is 4.34. The predicted octanol–water partition coefficient (Wildman–Crippen LogP) is 6.99. The number of ether oxygens (including phenoxy) is 1. The highest BCUT2D eigenvalue weighted by molar-refractivity contribution is 9.12. The number of rotatable bonds is 6. The molecule has 1 saturated carbocycles. The van der Waals surface area contributed by atoms with Gasteiger partial charge in [0.25, 0.3) is 5.91 Å². The van der Waals surface area contributed by atoms with Gasteiger partial charge in [-0.2, -0.15) is 0 Å². The lowest BCUT2D eigenvalue weighted by Gasteiger charge is -2.27. The van der Waals surface area contributed by atoms with Crippen molar-refractivity contribution in [3.05, 3.63) is 78.9 Å². The molecule has 3 aromatic rings. The number of carbonyl (C=O) groups is 2. The fourth-order valence-corrected chi connectivity index (χ4v) is 7.49. The lowest BCUT2D eigenvalue weighted by atomic mass is 9.86. The highest BCUT2D eigenvalue weighted by Gasteiger charge is 2.29. The third-order valence-electron chi connectivity index (χ3n) is 6.18. The number of benzene rings is 2. The van der Waals surface area contributed by atoms with Crippen molar-refractivity contribution >= 4 is 55.1 Å². The van der Waals surface area contributed by atoms with E-state index in [1.165, 1.54) is 29.6 Å². The third-order valence-corrected chi connectivity index (χ3v) is 8.84. The molecule has 4 nitrogen and oxygen atoms in total. The first-order valence-electron chi connectivity index (χ1n) is 11.0. The van der Waals surface area contributed by atoms with Crippen molar-refractivity contribution < 1.29 is 14.3 Å². The average Bonchev–Trinajstić information content (AvgIpc) is 3.12. The maximum absolute atomic E-state index is 13.2. The summed E-state index contributed by atoms with van der Waals surface area (Å²) in [7, 11) is 1.43. The van der Waals surface area contributed by atoms with Crippen molar-refractivity contribution in [2.75, 3.05) is 7.11 Å². The van der Waals surface area contributed by atoms with Crippen LogP contribution in [0.4, 0.5) is 0 Å². The van der Waals surface area contributed by atoms with E-state index in [1.807, 2.05) is 18.2 Å². The second-order valence-electron chi connectivity index (χ2n) is 8.29. The Kier molecular flexibility index (Phi) is 8.04. The summed E-state index contributed by atoms with van der Waals surface area (Å²) in [5, 5.41) is 3.19.